The van der Waals surface area contributed by atoms with E-state index in [1.807, 2.05) is 0 Å². The van der Waals surface area contributed by atoms with Crippen molar-refractivity contribution >= 4 is 24.2 Å². The predicted molar refractivity (Wildman–Crippen MR) is 68.5 cm³/mol. The van der Waals surface area contributed by atoms with Crippen molar-refractivity contribution in [1.82, 2.24) is 4.98 Å². The quantitative estimate of drug-likeness (QED) is 0.662. The maximum atomic E-state index is 12.0. The molecule has 1 amide bonds. The fraction of sp³-hybridized carbons (Fsp3) is 0. The first-order valence-corrected chi connectivity index (χ1v) is 5.35. The van der Waals surface area contributed by atoms with Crippen LogP contribution in [-0.4, -0.2) is 28.1 Å². The smallest absolute Gasteiger partial charge is 0.423 e. The molecule has 0 aliphatic rings. The van der Waals surface area contributed by atoms with Crippen LogP contribution in [0.25, 0.3) is 0 Å². The van der Waals surface area contributed by atoms with Gasteiger partial charge in [-0.05, 0) is 23.7 Å². The first-order chi connectivity index (χ1) is 8.68. The molecule has 0 saturated heterocycles. The molecule has 3 N–H and O–H groups in total. The van der Waals surface area contributed by atoms with Crippen molar-refractivity contribution in [2.75, 3.05) is 5.32 Å². The molecule has 0 aliphatic carbocycles. The molecular formula is C12H11BN2O3. The molecule has 0 radical (unpaired) electrons. The molecule has 0 unspecified atom stereocenters. The second-order valence-electron chi connectivity index (χ2n) is 3.65. The first kappa shape index (κ1) is 12.3. The van der Waals surface area contributed by atoms with Gasteiger partial charge in [-0.2, -0.15) is 0 Å². The van der Waals surface area contributed by atoms with Crippen LogP contribution in [0.1, 0.15) is 10.4 Å². The van der Waals surface area contributed by atoms with Gasteiger partial charge in [0, 0.05) is 23.6 Å². The number of carbonyl (C=O) groups excluding carboxylic acids is 1. The lowest BCUT2D eigenvalue weighted by Gasteiger charge is -2.09. The summed E-state index contributed by atoms with van der Waals surface area (Å²) >= 11 is 0. The molecule has 5 nitrogen and oxygen atoms in total. The lowest BCUT2D eigenvalue weighted by atomic mass is 9.77. The summed E-state index contributed by atoms with van der Waals surface area (Å²) in [6.07, 6.45) is 3.12. The highest BCUT2D eigenvalue weighted by Crippen LogP contribution is 2.06. The van der Waals surface area contributed by atoms with Gasteiger partial charge in [-0.1, -0.05) is 18.2 Å². The molecule has 0 atom stereocenters. The Balaban J connectivity index is 2.24. The Morgan fingerprint density at radius 1 is 1.11 bits per heavy atom. The van der Waals surface area contributed by atoms with Gasteiger partial charge in [-0.25, -0.2) is 0 Å². The summed E-state index contributed by atoms with van der Waals surface area (Å²) in [5.74, 6) is -0.398. The molecule has 0 saturated carbocycles. The summed E-state index contributed by atoms with van der Waals surface area (Å²) in [5.41, 5.74) is 0.991. The van der Waals surface area contributed by atoms with Crippen LogP contribution in [0.3, 0.4) is 0 Å². The van der Waals surface area contributed by atoms with Crippen LogP contribution in [0, 0.1) is 0 Å². The van der Waals surface area contributed by atoms with Gasteiger partial charge >= 0.3 is 7.12 Å². The topological polar surface area (TPSA) is 82.5 Å². The molecule has 0 aliphatic heterocycles. The molecular weight excluding hydrogens is 231 g/mol. The van der Waals surface area contributed by atoms with Crippen molar-refractivity contribution in [3.05, 3.63) is 54.4 Å². The third-order valence-electron chi connectivity index (χ3n) is 2.42. The number of nitrogens with zero attached hydrogens (tertiary/aromatic N) is 1. The normalized spacial score (nSPS) is 9.89. The number of rotatable bonds is 3. The van der Waals surface area contributed by atoms with Crippen LogP contribution >= 0.6 is 0 Å². The molecule has 18 heavy (non-hydrogen) atoms. The van der Waals surface area contributed by atoms with E-state index in [-0.39, 0.29) is 11.0 Å². The second-order valence-corrected chi connectivity index (χ2v) is 3.65. The van der Waals surface area contributed by atoms with Crippen molar-refractivity contribution in [2.45, 2.75) is 0 Å². The summed E-state index contributed by atoms with van der Waals surface area (Å²) < 4.78 is 0. The summed E-state index contributed by atoms with van der Waals surface area (Å²) in [6.45, 7) is 0. The van der Waals surface area contributed by atoms with Gasteiger partial charge < -0.3 is 15.4 Å². The zero-order valence-corrected chi connectivity index (χ0v) is 9.45. The first-order valence-electron chi connectivity index (χ1n) is 5.35. The lowest BCUT2D eigenvalue weighted by Crippen LogP contribution is -2.36. The molecule has 6 heteroatoms. The minimum Gasteiger partial charge on any atom is -0.423 e. The third kappa shape index (κ3) is 2.74. The van der Waals surface area contributed by atoms with Crippen molar-refractivity contribution in [1.29, 1.82) is 0 Å². The minimum absolute atomic E-state index is 0.170. The number of pyridine rings is 1. The molecule has 90 valence electrons. The van der Waals surface area contributed by atoms with Gasteiger partial charge in [0.2, 0.25) is 0 Å². The Labute approximate surface area is 104 Å². The molecule has 2 rings (SSSR count). The summed E-state index contributed by atoms with van der Waals surface area (Å²) in [4.78, 5) is 15.8. The highest BCUT2D eigenvalue weighted by atomic mass is 16.4. The number of benzene rings is 1. The third-order valence-corrected chi connectivity index (χ3v) is 2.42. The van der Waals surface area contributed by atoms with Gasteiger partial charge in [0.05, 0.1) is 0 Å². The molecule has 1 aromatic carbocycles. The molecule has 0 spiro atoms. The van der Waals surface area contributed by atoms with Gasteiger partial charge in [-0.3, -0.25) is 9.78 Å². The molecule has 0 fully saturated rings. The van der Waals surface area contributed by atoms with Gasteiger partial charge in [0.15, 0.2) is 0 Å². The van der Waals surface area contributed by atoms with Crippen molar-refractivity contribution < 1.29 is 14.8 Å². The zero-order valence-electron chi connectivity index (χ0n) is 9.45. The average Bonchev–Trinajstić information content (AvgIpc) is 2.40. The number of carbonyl (C=O) groups is 1. The molecule has 1 aromatic heterocycles. The van der Waals surface area contributed by atoms with E-state index in [0.29, 0.717) is 5.69 Å². The Morgan fingerprint density at radius 2 is 1.78 bits per heavy atom. The van der Waals surface area contributed by atoms with Crippen LogP contribution in [0.15, 0.2) is 48.8 Å². The average molecular weight is 242 g/mol. The Hall–Kier alpha value is -2.18. The van der Waals surface area contributed by atoms with E-state index in [2.05, 4.69) is 10.3 Å². The largest absolute Gasteiger partial charge is 0.489 e. The fourth-order valence-electron chi connectivity index (χ4n) is 1.56. The molecule has 0 bridgehead atoms. The zero-order chi connectivity index (χ0) is 13.0. The number of anilines is 1. The van der Waals surface area contributed by atoms with E-state index in [0.717, 1.165) is 0 Å². The van der Waals surface area contributed by atoms with E-state index in [9.17, 15) is 14.8 Å². The fourth-order valence-corrected chi connectivity index (χ4v) is 1.56. The van der Waals surface area contributed by atoms with Crippen LogP contribution in [0.4, 0.5) is 5.69 Å². The Morgan fingerprint density at radius 3 is 2.44 bits per heavy atom. The van der Waals surface area contributed by atoms with E-state index >= 15 is 0 Å². The maximum absolute atomic E-state index is 12.0. The monoisotopic (exact) mass is 242 g/mol. The van der Waals surface area contributed by atoms with Crippen molar-refractivity contribution in [2.24, 2.45) is 0 Å². The number of amides is 1. The summed E-state index contributed by atoms with van der Waals surface area (Å²) in [6, 6.07) is 9.62. The van der Waals surface area contributed by atoms with Crippen molar-refractivity contribution in [3.8, 4) is 0 Å². The molecule has 1 heterocycles. The van der Waals surface area contributed by atoms with Gasteiger partial charge in [0.1, 0.15) is 0 Å². The SMILES string of the molecule is O=C(Nc1ccncc1)c1ccccc1B(O)O. The highest BCUT2D eigenvalue weighted by Gasteiger charge is 2.19. The number of hydrogen-bond donors (Lipinski definition) is 3. The van der Waals surface area contributed by atoms with Crippen LogP contribution < -0.4 is 10.8 Å². The van der Waals surface area contributed by atoms with Crippen LogP contribution in [-0.2, 0) is 0 Å². The summed E-state index contributed by atoms with van der Waals surface area (Å²) in [7, 11) is -1.68. The predicted octanol–water partition coefficient (Wildman–Crippen LogP) is 0.0137. The van der Waals surface area contributed by atoms with Crippen LogP contribution in [0.2, 0.25) is 0 Å². The number of hydrogen-bond acceptors (Lipinski definition) is 4. The minimum atomic E-state index is -1.68. The second kappa shape index (κ2) is 5.44. The van der Waals surface area contributed by atoms with E-state index < -0.39 is 13.0 Å². The number of nitrogens with one attached hydrogen (secondary N) is 1. The van der Waals surface area contributed by atoms with E-state index in [4.69, 9.17) is 0 Å². The van der Waals surface area contributed by atoms with Gasteiger partial charge in [-0.15, -0.1) is 0 Å². The summed E-state index contributed by atoms with van der Waals surface area (Å²) in [5, 5.41) is 21.0. The maximum Gasteiger partial charge on any atom is 0.489 e. The van der Waals surface area contributed by atoms with E-state index in [1.165, 1.54) is 12.1 Å². The Bertz CT molecular complexity index is 546. The van der Waals surface area contributed by atoms with Crippen molar-refractivity contribution in [3.63, 3.8) is 0 Å². The Kier molecular flexibility index (Phi) is 3.71. The van der Waals surface area contributed by atoms with Crippen LogP contribution in [0.5, 0.6) is 0 Å². The highest BCUT2D eigenvalue weighted by molar-refractivity contribution is 6.60. The number of aromatic nitrogens is 1. The van der Waals surface area contributed by atoms with E-state index in [1.54, 1.807) is 36.7 Å². The standard InChI is InChI=1S/C12H11BN2O3/c16-12(15-9-5-7-14-8-6-9)10-3-1-2-4-11(10)13(17)18/h1-8,17-18H,(H,14,15,16). The molecule has 2 aromatic rings. The van der Waals surface area contributed by atoms with Gasteiger partial charge in [0.25, 0.3) is 5.91 Å². The lowest BCUT2D eigenvalue weighted by molar-refractivity contribution is 0.102.